The molecule has 6 aromatic rings. The molecule has 63 heavy (non-hydrogen) atoms. The van der Waals surface area contributed by atoms with Crippen LogP contribution in [0.4, 0.5) is 87.8 Å². The van der Waals surface area contributed by atoms with Gasteiger partial charge in [0.15, 0.2) is 80.5 Å². The van der Waals surface area contributed by atoms with E-state index >= 15 is 35.1 Å². The first kappa shape index (κ1) is 48.3. The molecule has 0 saturated carbocycles. The van der Waals surface area contributed by atoms with Crippen LogP contribution >= 0.6 is 11.6 Å². The van der Waals surface area contributed by atoms with Crippen LogP contribution in [0.25, 0.3) is 0 Å². The lowest BCUT2D eigenvalue weighted by Crippen LogP contribution is -2.81. The Balaban J connectivity index is 0.000000345. The van der Waals surface area contributed by atoms with E-state index in [9.17, 15) is 57.5 Å². The lowest BCUT2D eigenvalue weighted by atomic mass is 9.12. The predicted molar refractivity (Wildman–Crippen MR) is 188 cm³/mol. The van der Waals surface area contributed by atoms with E-state index in [0.29, 0.717) is 5.75 Å². The maximum absolute atomic E-state index is 15.4. The molecule has 0 aromatic heterocycles. The minimum absolute atomic E-state index is 0.108. The van der Waals surface area contributed by atoms with Crippen LogP contribution in [-0.2, 0) is 10.9 Å². The number of carbonyl (C=O) groups excluding carboxylic acids is 1. The number of Topliss-reactive ketones (excluding diaryl/α,β-unsaturated/α-hetero) is 1. The van der Waals surface area contributed by atoms with Crippen molar-refractivity contribution in [2.45, 2.75) is 4.90 Å². The van der Waals surface area contributed by atoms with Crippen molar-refractivity contribution in [3.63, 3.8) is 0 Å². The molecule has 0 aliphatic carbocycles. The Kier molecular flexibility index (Phi) is 13.9. The topological polar surface area (TPSA) is 17.1 Å². The molecular formula is C39H14BClF20OS. The second-order valence-electron chi connectivity index (χ2n) is 12.8. The van der Waals surface area contributed by atoms with Crippen molar-refractivity contribution in [1.29, 1.82) is 0 Å². The number of hydrogen-bond acceptors (Lipinski definition) is 1. The molecule has 0 saturated heterocycles. The van der Waals surface area contributed by atoms with Gasteiger partial charge in [0.1, 0.15) is 58.9 Å². The van der Waals surface area contributed by atoms with Crippen LogP contribution < -0.4 is 21.9 Å². The summed E-state index contributed by atoms with van der Waals surface area (Å²) in [4.78, 5) is 13.2. The second-order valence-corrected chi connectivity index (χ2v) is 15.3. The molecule has 0 aliphatic heterocycles. The van der Waals surface area contributed by atoms with Gasteiger partial charge in [-0.1, -0.05) is 48.0 Å². The Morgan fingerprint density at radius 2 is 0.683 bits per heavy atom. The zero-order valence-electron chi connectivity index (χ0n) is 30.2. The second kappa shape index (κ2) is 18.2. The molecule has 0 amide bonds. The summed E-state index contributed by atoms with van der Waals surface area (Å²) in [5.74, 6) is -70.7. The number of ketones is 1. The lowest BCUT2D eigenvalue weighted by Gasteiger charge is -2.44. The lowest BCUT2D eigenvalue weighted by molar-refractivity contribution is 0.102. The van der Waals surface area contributed by atoms with E-state index in [1.165, 1.54) is 0 Å². The van der Waals surface area contributed by atoms with Gasteiger partial charge in [0.05, 0.1) is 0 Å². The first-order valence-corrected chi connectivity index (χ1v) is 18.7. The molecule has 1 unspecified atom stereocenters. The van der Waals surface area contributed by atoms with Gasteiger partial charge in [-0.2, -0.15) is 0 Å². The van der Waals surface area contributed by atoms with Gasteiger partial charge in [-0.25, -0.2) is 87.8 Å². The Morgan fingerprint density at radius 1 is 0.413 bits per heavy atom. The first-order valence-electron chi connectivity index (χ1n) is 16.6. The van der Waals surface area contributed by atoms with Gasteiger partial charge in [-0.3, -0.25) is 4.79 Å². The third-order valence-electron chi connectivity index (χ3n) is 9.35. The summed E-state index contributed by atoms with van der Waals surface area (Å²) in [5.41, 5.74) is -13.6. The molecule has 24 heteroatoms. The summed E-state index contributed by atoms with van der Waals surface area (Å²) >= 11 is 5.96. The minimum atomic E-state index is -7.22. The van der Waals surface area contributed by atoms with Crippen molar-refractivity contribution in [3.8, 4) is 0 Å². The molecule has 0 aliphatic rings. The van der Waals surface area contributed by atoms with Crippen molar-refractivity contribution in [1.82, 2.24) is 0 Å². The summed E-state index contributed by atoms with van der Waals surface area (Å²) in [7, 11) is -0.108. The van der Waals surface area contributed by atoms with Crippen LogP contribution in [-0.4, -0.2) is 23.9 Å². The van der Waals surface area contributed by atoms with Gasteiger partial charge < -0.3 is 0 Å². The number of hydrogen-bond donors (Lipinski definition) is 0. The fourth-order valence-electron chi connectivity index (χ4n) is 6.55. The molecule has 0 heterocycles. The van der Waals surface area contributed by atoms with Crippen LogP contribution in [0.2, 0.25) is 5.02 Å². The van der Waals surface area contributed by atoms with Gasteiger partial charge in [0, 0.05) is 27.5 Å². The fourth-order valence-corrected chi connectivity index (χ4v) is 8.17. The largest absolute Gasteiger partial charge is 0.289 e. The number of carbonyl (C=O) groups is 1. The summed E-state index contributed by atoms with van der Waals surface area (Å²) < 4.78 is 294. The van der Waals surface area contributed by atoms with Crippen molar-refractivity contribution in [3.05, 3.63) is 182 Å². The van der Waals surface area contributed by atoms with E-state index in [0.717, 1.165) is 15.5 Å². The highest BCUT2D eigenvalue weighted by Crippen LogP contribution is 2.31. The Morgan fingerprint density at radius 3 is 0.952 bits per heavy atom. The van der Waals surface area contributed by atoms with Gasteiger partial charge in [0.25, 0.3) is 0 Å². The molecule has 1 nitrogen and oxygen atoms in total. The van der Waals surface area contributed by atoms with Crippen LogP contribution in [0, 0.1) is 116 Å². The average molecular weight is 957 g/mol. The molecule has 0 radical (unpaired) electrons. The van der Waals surface area contributed by atoms with Crippen LogP contribution in [0.1, 0.15) is 10.4 Å². The van der Waals surface area contributed by atoms with Crippen LogP contribution in [0.15, 0.2) is 59.5 Å². The van der Waals surface area contributed by atoms with Gasteiger partial charge in [-0.15, -0.1) is 21.9 Å². The average Bonchev–Trinajstić information content (AvgIpc) is 3.26. The van der Waals surface area contributed by atoms with Crippen molar-refractivity contribution >= 4 is 56.3 Å². The van der Waals surface area contributed by atoms with E-state index in [-0.39, 0.29) is 16.7 Å². The summed E-state index contributed by atoms with van der Waals surface area (Å²) in [6, 6.07) is 17.1. The van der Waals surface area contributed by atoms with E-state index in [2.05, 4.69) is 6.26 Å². The summed E-state index contributed by atoms with van der Waals surface area (Å²) in [6.45, 7) is 0. The monoisotopic (exact) mass is 956 g/mol. The Hall–Kier alpha value is -5.71. The third kappa shape index (κ3) is 7.97. The van der Waals surface area contributed by atoms with E-state index in [1.807, 2.05) is 54.6 Å². The fraction of sp³-hybridized carbons (Fsp3) is 0.0513. The van der Waals surface area contributed by atoms with E-state index in [4.69, 9.17) is 11.6 Å². The van der Waals surface area contributed by atoms with Crippen molar-refractivity contribution in [2.24, 2.45) is 0 Å². The Labute approximate surface area is 346 Å². The smallest absolute Gasteiger partial charge is 0.212 e. The van der Waals surface area contributed by atoms with Gasteiger partial charge in [0.2, 0.25) is 5.78 Å². The molecule has 332 valence electrons. The molecule has 0 N–H and O–H groups in total. The summed E-state index contributed by atoms with van der Waals surface area (Å²) in [6.07, 6.45) is -5.14. The first-order chi connectivity index (χ1) is 29.4. The molecule has 6 rings (SSSR count). The van der Waals surface area contributed by atoms with Crippen LogP contribution in [0.5, 0.6) is 0 Å². The normalized spacial score (nSPS) is 12.0. The molecule has 0 spiro atoms. The highest BCUT2D eigenvalue weighted by molar-refractivity contribution is 7.96. The summed E-state index contributed by atoms with van der Waals surface area (Å²) in [5, 5.41) is 0.721. The molecular weight excluding hydrogens is 943 g/mol. The highest BCUT2D eigenvalue weighted by Gasteiger charge is 2.52. The zero-order chi connectivity index (χ0) is 47.3. The van der Waals surface area contributed by atoms with Gasteiger partial charge in [-0.05, 0) is 12.1 Å². The predicted octanol–water partition coefficient (Wildman–Crippen LogP) is 9.68. The van der Waals surface area contributed by atoms with Gasteiger partial charge >= 0.3 is 0 Å². The standard InChI is InChI=1S/C24BF20.C15H14ClOS/c26-5-1(6(27)14(35)21(42)13(5)34)25(2-7(28)15(36)22(43)16(37)8(2)29,3-9(30)17(38)23(44)18(39)10(3)31)4-11(32)19(40)24(45)20(41)12(4)33;1-18(14-9-5-8-13(16)10-14)11-15(17)12-6-3-2-4-7-12/h;2-10H,11H2,1H3/q-1;+1. The SMILES string of the molecule is C[S+](CC(=O)c1ccccc1)c1cccc(Cl)c1.Fc1c(F)c(F)c([B-](c2c(F)c(F)c(F)c(F)c2F)(c2c(F)c(F)c(F)c(F)c2F)c2c(F)c(F)c(F)c(F)c2F)c(F)c1F. The quantitative estimate of drug-likeness (QED) is 0.0371. The number of benzene rings is 6. The maximum atomic E-state index is 15.4. The molecule has 1 atom stereocenters. The van der Waals surface area contributed by atoms with Crippen molar-refractivity contribution in [2.75, 3.05) is 12.0 Å². The Bertz CT molecular complexity index is 2440. The van der Waals surface area contributed by atoms with Crippen molar-refractivity contribution < 1.29 is 92.6 Å². The number of halogens is 21. The third-order valence-corrected chi connectivity index (χ3v) is 11.3. The minimum Gasteiger partial charge on any atom is -0.289 e. The molecule has 6 aromatic carbocycles. The zero-order valence-corrected chi connectivity index (χ0v) is 31.8. The van der Waals surface area contributed by atoms with E-state index < -0.39 is 144 Å². The number of rotatable bonds is 8. The molecule has 0 bridgehead atoms. The highest BCUT2D eigenvalue weighted by atomic mass is 35.5. The maximum Gasteiger partial charge on any atom is 0.212 e. The van der Waals surface area contributed by atoms with E-state index in [1.54, 1.807) is 0 Å². The molecule has 0 fully saturated rings. The van der Waals surface area contributed by atoms with Crippen LogP contribution in [0.3, 0.4) is 0 Å².